The highest BCUT2D eigenvalue weighted by atomic mass is 79.9. The van der Waals surface area contributed by atoms with Crippen molar-refractivity contribution in [1.29, 1.82) is 0 Å². The molecule has 0 aliphatic carbocycles. The Kier molecular flexibility index (Phi) is 3.14. The van der Waals surface area contributed by atoms with E-state index in [1.807, 2.05) is 30.3 Å². The minimum atomic E-state index is -0.715. The van der Waals surface area contributed by atoms with Gasteiger partial charge < -0.3 is 10.0 Å². The molecular weight excluding hydrogens is 254 g/mol. The van der Waals surface area contributed by atoms with Crippen LogP contribution in [-0.4, -0.2) is 35.0 Å². The van der Waals surface area contributed by atoms with E-state index in [0.717, 1.165) is 25.1 Å². The van der Waals surface area contributed by atoms with Gasteiger partial charge in [-0.2, -0.15) is 0 Å². The van der Waals surface area contributed by atoms with Gasteiger partial charge in [-0.15, -0.1) is 0 Å². The second-order valence-electron chi connectivity index (χ2n) is 4.27. The number of aliphatic hydroxyl groups is 1. The molecule has 1 aliphatic rings. The first kappa shape index (κ1) is 11.1. The molecule has 82 valence electrons. The molecule has 1 aromatic carbocycles. The van der Waals surface area contributed by atoms with Gasteiger partial charge in [-0.25, -0.2) is 0 Å². The molecule has 2 unspecified atom stereocenters. The van der Waals surface area contributed by atoms with Gasteiger partial charge in [0.2, 0.25) is 0 Å². The van der Waals surface area contributed by atoms with E-state index in [1.54, 1.807) is 0 Å². The van der Waals surface area contributed by atoms with Crippen LogP contribution in [0, 0.1) is 0 Å². The highest BCUT2D eigenvalue weighted by Gasteiger charge is 2.40. The average molecular weight is 270 g/mol. The highest BCUT2D eigenvalue weighted by Crippen LogP contribution is 2.36. The van der Waals surface area contributed by atoms with Gasteiger partial charge in [-0.3, -0.25) is 0 Å². The van der Waals surface area contributed by atoms with Crippen molar-refractivity contribution in [3.63, 3.8) is 0 Å². The zero-order valence-electron chi connectivity index (χ0n) is 8.86. The van der Waals surface area contributed by atoms with Crippen molar-refractivity contribution < 1.29 is 5.11 Å². The lowest BCUT2D eigenvalue weighted by Crippen LogP contribution is -2.49. The van der Waals surface area contributed by atoms with Gasteiger partial charge >= 0.3 is 0 Å². The first-order valence-electron chi connectivity index (χ1n) is 5.23. The van der Waals surface area contributed by atoms with E-state index >= 15 is 0 Å². The maximum absolute atomic E-state index is 10.7. The first-order valence-corrected chi connectivity index (χ1v) is 6.15. The van der Waals surface area contributed by atoms with Crippen molar-refractivity contribution in [2.45, 2.75) is 16.8 Å². The van der Waals surface area contributed by atoms with Crippen molar-refractivity contribution >= 4 is 15.9 Å². The molecule has 0 spiro atoms. The third-order valence-corrected chi connectivity index (χ3v) is 4.19. The number of rotatable bonds is 1. The Hall–Kier alpha value is -0.380. The molecule has 1 aromatic rings. The second kappa shape index (κ2) is 4.24. The van der Waals surface area contributed by atoms with E-state index < -0.39 is 5.60 Å². The number of piperidine rings is 1. The summed E-state index contributed by atoms with van der Waals surface area (Å²) in [6.07, 6.45) is 0.781. The van der Waals surface area contributed by atoms with E-state index in [9.17, 15) is 5.11 Å². The molecule has 0 amide bonds. The van der Waals surface area contributed by atoms with Crippen LogP contribution in [0.15, 0.2) is 30.3 Å². The number of hydrogen-bond acceptors (Lipinski definition) is 2. The fourth-order valence-electron chi connectivity index (χ4n) is 2.09. The largest absolute Gasteiger partial charge is 0.384 e. The fraction of sp³-hybridized carbons (Fsp3) is 0.500. The lowest BCUT2D eigenvalue weighted by Gasteiger charge is -2.41. The molecule has 15 heavy (non-hydrogen) atoms. The molecule has 0 aromatic heterocycles. The molecule has 3 heteroatoms. The van der Waals surface area contributed by atoms with Crippen LogP contribution in [0.25, 0.3) is 0 Å². The van der Waals surface area contributed by atoms with E-state index in [2.05, 4.69) is 27.9 Å². The van der Waals surface area contributed by atoms with Gasteiger partial charge in [0, 0.05) is 13.1 Å². The van der Waals surface area contributed by atoms with E-state index in [4.69, 9.17) is 0 Å². The standard InChI is InChI=1S/C12H16BrNO/c1-14-8-7-12(15,11(13)9-14)10-5-3-2-4-6-10/h2-6,11,15H,7-9H2,1H3. The lowest BCUT2D eigenvalue weighted by molar-refractivity contribution is -0.0113. The third kappa shape index (κ3) is 2.10. The molecule has 2 atom stereocenters. The molecule has 1 fully saturated rings. The Morgan fingerprint density at radius 2 is 2.07 bits per heavy atom. The molecule has 0 radical (unpaired) electrons. The van der Waals surface area contributed by atoms with Crippen LogP contribution in [0.4, 0.5) is 0 Å². The van der Waals surface area contributed by atoms with Gasteiger partial charge in [0.1, 0.15) is 5.60 Å². The molecule has 1 saturated heterocycles. The molecule has 0 saturated carbocycles. The number of hydrogen-bond donors (Lipinski definition) is 1. The maximum Gasteiger partial charge on any atom is 0.105 e. The number of likely N-dealkylation sites (tertiary alicyclic amines) is 1. The van der Waals surface area contributed by atoms with E-state index in [0.29, 0.717) is 0 Å². The minimum absolute atomic E-state index is 0.103. The third-order valence-electron chi connectivity index (χ3n) is 3.14. The molecule has 1 heterocycles. The Labute approximate surface area is 99.0 Å². The summed E-state index contributed by atoms with van der Waals surface area (Å²) in [6.45, 7) is 1.82. The summed E-state index contributed by atoms with van der Waals surface area (Å²) in [6, 6.07) is 9.93. The molecule has 0 bridgehead atoms. The van der Waals surface area contributed by atoms with Crippen molar-refractivity contribution in [2.75, 3.05) is 20.1 Å². The van der Waals surface area contributed by atoms with Crippen molar-refractivity contribution in [3.8, 4) is 0 Å². The van der Waals surface area contributed by atoms with Crippen molar-refractivity contribution in [2.24, 2.45) is 0 Å². The topological polar surface area (TPSA) is 23.5 Å². The normalized spacial score (nSPS) is 32.9. The summed E-state index contributed by atoms with van der Waals surface area (Å²) in [5.74, 6) is 0. The van der Waals surface area contributed by atoms with Gasteiger partial charge in [0.25, 0.3) is 0 Å². The Bertz CT molecular complexity index is 330. The van der Waals surface area contributed by atoms with Gasteiger partial charge in [-0.05, 0) is 19.0 Å². The maximum atomic E-state index is 10.7. The predicted octanol–water partition coefficient (Wildman–Crippen LogP) is 1.97. The van der Waals surface area contributed by atoms with Crippen LogP contribution in [0.1, 0.15) is 12.0 Å². The monoisotopic (exact) mass is 269 g/mol. The number of halogens is 1. The number of nitrogens with zero attached hydrogens (tertiary/aromatic N) is 1. The SMILES string of the molecule is CN1CCC(O)(c2ccccc2)C(Br)C1. The Morgan fingerprint density at radius 1 is 1.40 bits per heavy atom. The molecule has 2 rings (SSSR count). The van der Waals surface area contributed by atoms with Crippen LogP contribution in [0.5, 0.6) is 0 Å². The quantitative estimate of drug-likeness (QED) is 0.789. The highest BCUT2D eigenvalue weighted by molar-refractivity contribution is 9.09. The van der Waals surface area contributed by atoms with Crippen LogP contribution in [-0.2, 0) is 5.60 Å². The second-order valence-corrected chi connectivity index (χ2v) is 5.38. The lowest BCUT2D eigenvalue weighted by atomic mass is 9.84. The molecule has 1 aliphatic heterocycles. The Morgan fingerprint density at radius 3 is 2.67 bits per heavy atom. The summed E-state index contributed by atoms with van der Waals surface area (Å²) in [5.41, 5.74) is 0.299. The van der Waals surface area contributed by atoms with Crippen LogP contribution in [0.3, 0.4) is 0 Å². The van der Waals surface area contributed by atoms with Crippen LogP contribution >= 0.6 is 15.9 Å². The Balaban J connectivity index is 2.27. The summed E-state index contributed by atoms with van der Waals surface area (Å²) >= 11 is 3.60. The zero-order valence-corrected chi connectivity index (χ0v) is 10.4. The summed E-state index contributed by atoms with van der Waals surface area (Å²) < 4.78 is 0. The predicted molar refractivity (Wildman–Crippen MR) is 65.2 cm³/mol. The van der Waals surface area contributed by atoms with Crippen LogP contribution < -0.4 is 0 Å². The average Bonchev–Trinajstić information content (AvgIpc) is 2.25. The van der Waals surface area contributed by atoms with Crippen molar-refractivity contribution in [1.82, 2.24) is 4.90 Å². The van der Waals surface area contributed by atoms with Crippen LogP contribution in [0.2, 0.25) is 0 Å². The number of alkyl halides is 1. The van der Waals surface area contributed by atoms with Crippen molar-refractivity contribution in [3.05, 3.63) is 35.9 Å². The molecular formula is C12H16BrNO. The molecule has 2 nitrogen and oxygen atoms in total. The zero-order chi connectivity index (χ0) is 10.9. The summed E-state index contributed by atoms with van der Waals surface area (Å²) in [5, 5.41) is 10.7. The first-order chi connectivity index (χ1) is 7.13. The van der Waals surface area contributed by atoms with E-state index in [-0.39, 0.29) is 4.83 Å². The summed E-state index contributed by atoms with van der Waals surface area (Å²) in [4.78, 5) is 2.34. The van der Waals surface area contributed by atoms with E-state index in [1.165, 1.54) is 0 Å². The van der Waals surface area contributed by atoms with Gasteiger partial charge in [0.15, 0.2) is 0 Å². The molecule has 1 N–H and O–H groups in total. The minimum Gasteiger partial charge on any atom is -0.384 e. The number of benzene rings is 1. The smallest absolute Gasteiger partial charge is 0.105 e. The van der Waals surface area contributed by atoms with Gasteiger partial charge in [-0.1, -0.05) is 46.3 Å². The summed E-state index contributed by atoms with van der Waals surface area (Å²) in [7, 11) is 2.08. The van der Waals surface area contributed by atoms with Gasteiger partial charge in [0.05, 0.1) is 4.83 Å². The fourth-order valence-corrected chi connectivity index (χ4v) is 3.07.